The van der Waals surface area contributed by atoms with Crippen LogP contribution in [0.4, 0.5) is 21.7 Å². The van der Waals surface area contributed by atoms with Crippen LogP contribution in [0.25, 0.3) is 0 Å². The van der Waals surface area contributed by atoms with Crippen LogP contribution in [0.15, 0.2) is 59.3 Å². The van der Waals surface area contributed by atoms with Crippen molar-refractivity contribution in [3.63, 3.8) is 0 Å². The molecule has 1 amide bonds. The molecule has 0 bridgehead atoms. The van der Waals surface area contributed by atoms with Crippen molar-refractivity contribution in [2.45, 2.75) is 25.8 Å². The maximum Gasteiger partial charge on any atom is 0.214 e. The van der Waals surface area contributed by atoms with Crippen molar-refractivity contribution in [1.29, 1.82) is 0 Å². The average Bonchev–Trinajstić information content (AvgIpc) is 3.34. The normalized spacial score (nSPS) is 13.2. The fraction of sp³-hybridized carbons (Fsp3) is 0.292. The van der Waals surface area contributed by atoms with Crippen LogP contribution in [-0.4, -0.2) is 36.0 Å². The second-order valence-electron chi connectivity index (χ2n) is 7.76. The highest BCUT2D eigenvalue weighted by atomic mass is 79.9. The summed E-state index contributed by atoms with van der Waals surface area (Å²) in [6, 6.07) is 12.3. The molecule has 0 saturated carbocycles. The summed E-state index contributed by atoms with van der Waals surface area (Å²) in [5.74, 6) is 1.25. The molecule has 1 fully saturated rings. The number of aromatic nitrogens is 2. The summed E-state index contributed by atoms with van der Waals surface area (Å²) in [6.07, 6.45) is 7.17. The second-order valence-corrected chi connectivity index (χ2v) is 8.61. The summed E-state index contributed by atoms with van der Waals surface area (Å²) >= 11 is 3.66. The van der Waals surface area contributed by atoms with E-state index in [1.54, 1.807) is 23.4 Å². The lowest BCUT2D eigenvalue weighted by molar-refractivity contribution is -0.107. The molecule has 2 aromatic heterocycles. The minimum absolute atomic E-state index is 0.245. The smallest absolute Gasteiger partial charge is 0.214 e. The Morgan fingerprint density at radius 1 is 1.16 bits per heavy atom. The van der Waals surface area contributed by atoms with E-state index >= 15 is 0 Å². The Morgan fingerprint density at radius 3 is 2.69 bits per heavy atom. The molecule has 3 aromatic rings. The highest BCUT2D eigenvalue weighted by Gasteiger charge is 2.21. The summed E-state index contributed by atoms with van der Waals surface area (Å²) < 4.78 is 14.4. The van der Waals surface area contributed by atoms with Gasteiger partial charge >= 0.3 is 0 Å². The molecule has 1 aromatic carbocycles. The zero-order chi connectivity index (χ0) is 22.3. The average molecular weight is 498 g/mol. The Labute approximate surface area is 195 Å². The number of amides is 1. The van der Waals surface area contributed by atoms with E-state index < -0.39 is 0 Å². The summed E-state index contributed by atoms with van der Waals surface area (Å²) in [5, 5.41) is 3.38. The molecule has 32 heavy (non-hydrogen) atoms. The van der Waals surface area contributed by atoms with Gasteiger partial charge in [-0.1, -0.05) is 18.2 Å². The Kier molecular flexibility index (Phi) is 7.32. The van der Waals surface area contributed by atoms with E-state index in [9.17, 15) is 9.18 Å². The van der Waals surface area contributed by atoms with Crippen molar-refractivity contribution in [3.8, 4) is 0 Å². The molecule has 4 rings (SSSR count). The van der Waals surface area contributed by atoms with Gasteiger partial charge in [0.1, 0.15) is 11.6 Å². The number of hydrogen-bond acceptors (Lipinski definition) is 5. The first-order valence-electron chi connectivity index (χ1n) is 10.7. The molecular formula is C24H25BrFN5O. The van der Waals surface area contributed by atoms with Gasteiger partial charge in [0.05, 0.1) is 16.7 Å². The van der Waals surface area contributed by atoms with Gasteiger partial charge in [-0.15, -0.1) is 0 Å². The van der Waals surface area contributed by atoms with Gasteiger partial charge in [0.25, 0.3) is 0 Å². The first kappa shape index (κ1) is 22.2. The fourth-order valence-electron chi connectivity index (χ4n) is 3.85. The van der Waals surface area contributed by atoms with Crippen LogP contribution in [0.3, 0.4) is 0 Å². The van der Waals surface area contributed by atoms with E-state index in [4.69, 9.17) is 4.98 Å². The molecule has 0 unspecified atom stereocenters. The molecule has 1 saturated heterocycles. The zero-order valence-corrected chi connectivity index (χ0v) is 19.3. The van der Waals surface area contributed by atoms with Crippen molar-refractivity contribution in [2.75, 3.05) is 34.8 Å². The van der Waals surface area contributed by atoms with Gasteiger partial charge in [0.2, 0.25) is 6.41 Å². The van der Waals surface area contributed by atoms with E-state index in [1.165, 1.54) is 12.1 Å². The maximum atomic E-state index is 13.5. The number of carbonyl (C=O) groups excluding carboxylic acids is 1. The lowest BCUT2D eigenvalue weighted by atomic mass is 10.1. The van der Waals surface area contributed by atoms with Crippen LogP contribution in [0.2, 0.25) is 0 Å². The molecule has 0 spiro atoms. The van der Waals surface area contributed by atoms with Gasteiger partial charge in [0, 0.05) is 32.0 Å². The Hall–Kier alpha value is -3.00. The number of carbonyl (C=O) groups is 1. The zero-order valence-electron chi connectivity index (χ0n) is 17.7. The van der Waals surface area contributed by atoms with Gasteiger partial charge in [-0.05, 0) is 70.6 Å². The summed E-state index contributed by atoms with van der Waals surface area (Å²) in [7, 11) is 0. The third kappa shape index (κ3) is 5.43. The summed E-state index contributed by atoms with van der Waals surface area (Å²) in [4.78, 5) is 24.9. The number of benzene rings is 1. The van der Waals surface area contributed by atoms with Crippen LogP contribution in [0, 0.1) is 5.82 Å². The quantitative estimate of drug-likeness (QED) is 0.430. The summed E-state index contributed by atoms with van der Waals surface area (Å²) in [6.45, 7) is 2.86. The van der Waals surface area contributed by atoms with Crippen LogP contribution < -0.4 is 15.1 Å². The third-order valence-corrected chi connectivity index (χ3v) is 6.03. The maximum absolute atomic E-state index is 13.5. The Bertz CT molecular complexity index is 1060. The number of hydrogen-bond donors (Lipinski definition) is 1. The van der Waals surface area contributed by atoms with Crippen molar-refractivity contribution < 1.29 is 9.18 Å². The number of nitrogens with zero attached hydrogens (tertiary/aromatic N) is 4. The van der Waals surface area contributed by atoms with E-state index in [0.29, 0.717) is 31.0 Å². The van der Waals surface area contributed by atoms with Crippen molar-refractivity contribution in [3.05, 3.63) is 76.3 Å². The molecular weight excluding hydrogens is 473 g/mol. The van der Waals surface area contributed by atoms with Crippen LogP contribution in [0.1, 0.15) is 24.0 Å². The SMILES string of the molecule is O=CN(Cc1cccnc1)c1cc(Br)c(N2CCCC2)nc1NCCc1cccc(F)c1. The van der Waals surface area contributed by atoms with E-state index in [2.05, 4.69) is 31.1 Å². The molecule has 1 aliphatic rings. The van der Waals surface area contributed by atoms with Crippen molar-refractivity contribution >= 4 is 39.7 Å². The molecule has 8 heteroatoms. The van der Waals surface area contributed by atoms with Crippen LogP contribution in [-0.2, 0) is 17.8 Å². The van der Waals surface area contributed by atoms with E-state index in [0.717, 1.165) is 53.8 Å². The largest absolute Gasteiger partial charge is 0.368 e. The van der Waals surface area contributed by atoms with Crippen LogP contribution >= 0.6 is 15.9 Å². The lowest BCUT2D eigenvalue weighted by Gasteiger charge is -2.25. The number of anilines is 3. The molecule has 0 aliphatic carbocycles. The predicted molar refractivity (Wildman–Crippen MR) is 128 cm³/mol. The van der Waals surface area contributed by atoms with Gasteiger partial charge < -0.3 is 15.1 Å². The predicted octanol–water partition coefficient (Wildman–Crippen LogP) is 4.80. The minimum Gasteiger partial charge on any atom is -0.368 e. The topological polar surface area (TPSA) is 61.4 Å². The van der Waals surface area contributed by atoms with Crippen molar-refractivity contribution in [2.24, 2.45) is 0 Å². The van der Waals surface area contributed by atoms with Crippen molar-refractivity contribution in [1.82, 2.24) is 9.97 Å². The number of pyridine rings is 2. The van der Waals surface area contributed by atoms with Gasteiger partial charge in [0.15, 0.2) is 5.82 Å². The second kappa shape index (κ2) is 10.5. The molecule has 3 heterocycles. The van der Waals surface area contributed by atoms with E-state index in [-0.39, 0.29) is 5.82 Å². The number of halogens is 2. The number of nitrogens with one attached hydrogen (secondary N) is 1. The first-order chi connectivity index (χ1) is 15.6. The molecule has 6 nitrogen and oxygen atoms in total. The van der Waals surface area contributed by atoms with Crippen LogP contribution in [0.5, 0.6) is 0 Å². The minimum atomic E-state index is -0.245. The summed E-state index contributed by atoms with van der Waals surface area (Å²) in [5.41, 5.74) is 2.50. The monoisotopic (exact) mass is 497 g/mol. The standard InChI is InChI=1S/C24H25BrFN5O/c25-21-14-22(31(17-32)16-19-6-4-9-27-15-19)23(29-24(21)30-11-1-2-12-30)28-10-8-18-5-3-7-20(26)13-18/h3-7,9,13-15,17H,1-2,8,10-12,16H2,(H,28,29). The van der Waals surface area contributed by atoms with Gasteiger partial charge in [-0.3, -0.25) is 9.78 Å². The Morgan fingerprint density at radius 2 is 1.97 bits per heavy atom. The number of rotatable bonds is 9. The Balaban J connectivity index is 1.60. The molecule has 166 valence electrons. The third-order valence-electron chi connectivity index (χ3n) is 5.45. The van der Waals surface area contributed by atoms with E-state index in [1.807, 2.05) is 24.3 Å². The molecule has 1 N–H and O–H groups in total. The first-order valence-corrected chi connectivity index (χ1v) is 11.5. The highest BCUT2D eigenvalue weighted by Crippen LogP contribution is 2.35. The lowest BCUT2D eigenvalue weighted by Crippen LogP contribution is -2.25. The molecule has 0 radical (unpaired) electrons. The molecule has 1 aliphatic heterocycles. The van der Waals surface area contributed by atoms with Gasteiger partial charge in [-0.25, -0.2) is 9.37 Å². The van der Waals surface area contributed by atoms with Gasteiger partial charge in [-0.2, -0.15) is 0 Å². The highest BCUT2D eigenvalue weighted by molar-refractivity contribution is 9.10. The fourth-order valence-corrected chi connectivity index (χ4v) is 4.41. The molecule has 0 atom stereocenters.